The first kappa shape index (κ1) is 45.8. The van der Waals surface area contributed by atoms with Crippen LogP contribution < -0.4 is 16.0 Å². The number of nitrogens with zero attached hydrogens (tertiary/aromatic N) is 3. The number of hydrogen-bond acceptors (Lipinski definition) is 9. The molecule has 13 heteroatoms. The molecule has 1 saturated heterocycles. The summed E-state index contributed by atoms with van der Waals surface area (Å²) in [4.78, 5) is 61.6. The fraction of sp³-hybridized carbons (Fsp3) is 0.675. The predicted molar refractivity (Wildman–Crippen MR) is 211 cm³/mol. The third kappa shape index (κ3) is 13.4. The van der Waals surface area contributed by atoms with Gasteiger partial charge in [-0.15, -0.1) is 11.3 Å². The van der Waals surface area contributed by atoms with Gasteiger partial charge in [-0.2, -0.15) is 0 Å². The Balaban J connectivity index is 0.00000313. The number of likely N-dealkylation sites (tertiary alicyclic amines) is 1. The van der Waals surface area contributed by atoms with Crippen LogP contribution >= 0.6 is 11.3 Å². The minimum Gasteiger partial charge on any atom is -0.379 e. The second-order valence-corrected chi connectivity index (χ2v) is 15.5. The van der Waals surface area contributed by atoms with Gasteiger partial charge in [0.25, 0.3) is 0 Å². The number of hydrogen-bond donors (Lipinski definition) is 3. The maximum atomic E-state index is 14.0. The summed E-state index contributed by atoms with van der Waals surface area (Å²) in [6.45, 7) is 14.3. The summed E-state index contributed by atoms with van der Waals surface area (Å²) in [5.41, 5.74) is 1.09. The lowest BCUT2D eigenvalue weighted by atomic mass is 9.92. The normalized spacial score (nSPS) is 17.6. The minimum atomic E-state index is -0.590. The van der Waals surface area contributed by atoms with E-state index in [1.807, 2.05) is 75.2 Å². The van der Waals surface area contributed by atoms with E-state index >= 15 is 0 Å². The maximum Gasteiger partial charge on any atom is 0.242 e. The highest BCUT2D eigenvalue weighted by molar-refractivity contribution is 7.09. The van der Waals surface area contributed by atoms with E-state index < -0.39 is 30.2 Å². The molecule has 4 amide bonds. The Morgan fingerprint density at radius 1 is 1.00 bits per heavy atom. The molecule has 6 unspecified atom stereocenters. The van der Waals surface area contributed by atoms with Crippen molar-refractivity contribution >= 4 is 35.0 Å². The number of benzene rings is 1. The summed E-state index contributed by atoms with van der Waals surface area (Å²) in [5.74, 6) is -1.32. The van der Waals surface area contributed by atoms with E-state index in [2.05, 4.69) is 34.8 Å². The van der Waals surface area contributed by atoms with Crippen molar-refractivity contribution in [1.82, 2.24) is 30.7 Å². The SMILES string of the molecule is CCC.CNC(C(=O)NCC(=O)N(C)C(C(C)C)C(CC(=O)N1CCC[C@H]1C(OC)C(C)C(=O)NC(Cc1ccccc1)c1nccs1)OC)C(C)C. The molecule has 1 aromatic heterocycles. The number of methoxy groups -OCH3 is 2. The Hall–Kier alpha value is -3.39. The summed E-state index contributed by atoms with van der Waals surface area (Å²) in [5, 5.41) is 11.7. The van der Waals surface area contributed by atoms with Crippen LogP contribution in [0.25, 0.3) is 0 Å². The smallest absolute Gasteiger partial charge is 0.242 e. The third-order valence-corrected chi connectivity index (χ3v) is 10.7. The maximum absolute atomic E-state index is 14.0. The summed E-state index contributed by atoms with van der Waals surface area (Å²) < 4.78 is 11.9. The van der Waals surface area contributed by atoms with Crippen LogP contribution in [0.2, 0.25) is 0 Å². The largest absolute Gasteiger partial charge is 0.379 e. The highest BCUT2D eigenvalue weighted by atomic mass is 32.1. The van der Waals surface area contributed by atoms with Crippen molar-refractivity contribution in [1.29, 1.82) is 0 Å². The molecule has 0 saturated carbocycles. The number of rotatable bonds is 19. The molecule has 1 aromatic carbocycles. The van der Waals surface area contributed by atoms with Gasteiger partial charge in [-0.3, -0.25) is 19.2 Å². The van der Waals surface area contributed by atoms with Gasteiger partial charge in [-0.05, 0) is 43.7 Å². The van der Waals surface area contributed by atoms with E-state index in [0.29, 0.717) is 19.4 Å². The third-order valence-electron chi connectivity index (χ3n) is 9.78. The standard InChI is InChI=1S/C37H58N6O6S.C3H8/c1-23(2)32(38-6)36(47)40-22-31(45)42(7)33(24(3)4)29(48-8)21-30(44)43-18-13-16-28(43)34(49-9)25(5)35(46)41-27(37-39-17-19-50-37)20-26-14-11-10-12-15-26;1-3-2/h10-12,14-15,17,19,23-25,27-29,32-34,38H,13,16,18,20-22H2,1-9H3,(H,40,47)(H,41,46);3H2,1-2H3/t25?,27?,28-,29?,32?,33?,34?;/m0./s1. The first-order chi connectivity index (χ1) is 25.2. The molecule has 1 aliphatic rings. The Morgan fingerprint density at radius 2 is 1.66 bits per heavy atom. The highest BCUT2D eigenvalue weighted by Crippen LogP contribution is 2.30. The van der Waals surface area contributed by atoms with Gasteiger partial charge in [0.05, 0.1) is 55.3 Å². The van der Waals surface area contributed by atoms with Crippen molar-refractivity contribution in [2.75, 3.05) is 41.4 Å². The van der Waals surface area contributed by atoms with Gasteiger partial charge >= 0.3 is 0 Å². The molecule has 0 radical (unpaired) electrons. The Bertz CT molecular complexity index is 1380. The number of ether oxygens (including phenoxy) is 2. The quantitative estimate of drug-likeness (QED) is 0.185. The van der Waals surface area contributed by atoms with E-state index in [4.69, 9.17) is 9.47 Å². The predicted octanol–water partition coefficient (Wildman–Crippen LogP) is 4.85. The lowest BCUT2D eigenvalue weighted by molar-refractivity contribution is -0.145. The average Bonchev–Trinajstić information content (AvgIpc) is 3.84. The minimum absolute atomic E-state index is 0.0374. The topological polar surface area (TPSA) is 142 Å². The van der Waals surface area contributed by atoms with Gasteiger partial charge in [0, 0.05) is 39.4 Å². The van der Waals surface area contributed by atoms with Crippen molar-refractivity contribution in [3.05, 3.63) is 52.5 Å². The number of nitrogens with one attached hydrogen (secondary N) is 3. The van der Waals surface area contributed by atoms with Crippen LogP contribution in [-0.4, -0.2) is 110 Å². The number of thiazole rings is 1. The Labute approximate surface area is 322 Å². The average molecular weight is 759 g/mol. The van der Waals surface area contributed by atoms with Gasteiger partial charge in [-0.1, -0.05) is 85.2 Å². The van der Waals surface area contributed by atoms with Crippen LogP contribution in [-0.2, 0) is 35.1 Å². The number of aromatic nitrogens is 1. The zero-order chi connectivity index (χ0) is 39.7. The van der Waals surface area contributed by atoms with Crippen LogP contribution in [0, 0.1) is 17.8 Å². The lowest BCUT2D eigenvalue weighted by Crippen LogP contribution is -2.55. The molecule has 0 aliphatic carbocycles. The van der Waals surface area contributed by atoms with Gasteiger partial charge in [0.1, 0.15) is 5.01 Å². The van der Waals surface area contributed by atoms with Crippen LogP contribution in [0.3, 0.4) is 0 Å². The lowest BCUT2D eigenvalue weighted by Gasteiger charge is -2.38. The summed E-state index contributed by atoms with van der Waals surface area (Å²) in [7, 11) is 6.54. The van der Waals surface area contributed by atoms with Crippen molar-refractivity contribution in [2.45, 2.75) is 117 Å². The van der Waals surface area contributed by atoms with Crippen molar-refractivity contribution in [3.63, 3.8) is 0 Å². The second-order valence-electron chi connectivity index (χ2n) is 14.6. The van der Waals surface area contributed by atoms with Crippen LogP contribution in [0.5, 0.6) is 0 Å². The van der Waals surface area contributed by atoms with Crippen LogP contribution in [0.1, 0.15) is 90.8 Å². The molecule has 1 fully saturated rings. The highest BCUT2D eigenvalue weighted by Gasteiger charge is 2.42. The molecule has 1 aliphatic heterocycles. The molecular weight excluding hydrogens is 693 g/mol. The molecule has 0 bridgehead atoms. The first-order valence-electron chi connectivity index (χ1n) is 19.0. The van der Waals surface area contributed by atoms with E-state index in [-0.39, 0.29) is 60.5 Å². The van der Waals surface area contributed by atoms with E-state index in [1.54, 1.807) is 39.4 Å². The molecule has 0 spiro atoms. The Morgan fingerprint density at radius 3 is 2.19 bits per heavy atom. The monoisotopic (exact) mass is 758 g/mol. The zero-order valence-corrected chi connectivity index (χ0v) is 34.7. The van der Waals surface area contributed by atoms with E-state index in [9.17, 15) is 19.2 Å². The number of carbonyl (C=O) groups excluding carboxylic acids is 4. The van der Waals surface area contributed by atoms with Crippen molar-refractivity contribution in [3.8, 4) is 0 Å². The molecule has 298 valence electrons. The molecule has 53 heavy (non-hydrogen) atoms. The molecule has 3 rings (SSSR count). The molecule has 2 aromatic rings. The van der Waals surface area contributed by atoms with Gasteiger partial charge in [-0.25, -0.2) is 4.98 Å². The van der Waals surface area contributed by atoms with Crippen molar-refractivity contribution in [2.24, 2.45) is 17.8 Å². The number of carbonyl (C=O) groups is 4. The number of amides is 4. The molecule has 12 nitrogen and oxygen atoms in total. The molecule has 3 N–H and O–H groups in total. The fourth-order valence-corrected chi connectivity index (χ4v) is 7.83. The summed E-state index contributed by atoms with van der Waals surface area (Å²) in [6, 6.07) is 8.56. The van der Waals surface area contributed by atoms with Crippen molar-refractivity contribution < 1.29 is 28.7 Å². The van der Waals surface area contributed by atoms with E-state index in [0.717, 1.165) is 17.0 Å². The first-order valence-corrected chi connectivity index (χ1v) is 19.9. The second kappa shape index (κ2) is 23.4. The molecule has 2 heterocycles. The summed E-state index contributed by atoms with van der Waals surface area (Å²) >= 11 is 1.50. The molecular formula is C40H66N6O6S. The van der Waals surface area contributed by atoms with Crippen LogP contribution in [0.4, 0.5) is 0 Å². The van der Waals surface area contributed by atoms with Gasteiger partial charge in [0.2, 0.25) is 23.6 Å². The zero-order valence-electron chi connectivity index (χ0n) is 33.9. The number of likely N-dealkylation sites (N-methyl/N-ethyl adjacent to an activating group) is 2. The fourth-order valence-electron chi connectivity index (χ4n) is 7.14. The van der Waals surface area contributed by atoms with Gasteiger partial charge in [0.15, 0.2) is 0 Å². The van der Waals surface area contributed by atoms with Gasteiger partial charge < -0.3 is 35.2 Å². The van der Waals surface area contributed by atoms with E-state index in [1.165, 1.54) is 17.8 Å². The molecule has 7 atom stereocenters. The summed E-state index contributed by atoms with van der Waals surface area (Å²) in [6.07, 6.45) is 4.01. The Kier molecular flexibility index (Phi) is 20.2. The van der Waals surface area contributed by atoms with Crippen LogP contribution in [0.15, 0.2) is 41.9 Å².